The fraction of sp³-hybridized carbons (Fsp3) is 0.297. The maximum Gasteiger partial charge on any atom is 0.258 e. The van der Waals surface area contributed by atoms with Crippen LogP contribution in [0.2, 0.25) is 0 Å². The lowest BCUT2D eigenvalue weighted by Gasteiger charge is -2.19. The number of carbonyl (C=O) groups excluding carboxylic acids is 4. The Balaban J connectivity index is 1.10. The molecule has 48 heavy (non-hydrogen) atoms. The molecule has 0 fully saturated rings. The predicted molar refractivity (Wildman–Crippen MR) is 186 cm³/mol. The summed E-state index contributed by atoms with van der Waals surface area (Å²) in [6.07, 6.45) is 12.0. The van der Waals surface area contributed by atoms with Crippen LogP contribution >= 0.6 is 0 Å². The Bertz CT molecular complexity index is 1730. The second kappa shape index (κ2) is 17.6. The van der Waals surface area contributed by atoms with Crippen LogP contribution in [0.25, 0.3) is 28.6 Å². The van der Waals surface area contributed by atoms with Gasteiger partial charge in [0.05, 0.1) is 18.8 Å². The van der Waals surface area contributed by atoms with Crippen molar-refractivity contribution in [2.24, 2.45) is 5.92 Å². The van der Waals surface area contributed by atoms with Crippen molar-refractivity contribution in [1.29, 1.82) is 0 Å². The van der Waals surface area contributed by atoms with E-state index < -0.39 is 12.1 Å². The third kappa shape index (κ3) is 9.87. The summed E-state index contributed by atoms with van der Waals surface area (Å²) in [5, 5.41) is 9.67. The number of benzene rings is 2. The van der Waals surface area contributed by atoms with E-state index in [9.17, 15) is 19.2 Å². The maximum absolute atomic E-state index is 12.2. The first kappa shape index (κ1) is 35.6. The minimum Gasteiger partial charge on any atom is -0.483 e. The quantitative estimate of drug-likeness (QED) is 0.0880. The van der Waals surface area contributed by atoms with Gasteiger partial charge in [-0.2, -0.15) is 0 Å². The Morgan fingerprint density at radius 3 is 2.44 bits per heavy atom. The monoisotopic (exact) mass is 654 g/mol. The zero-order valence-corrected chi connectivity index (χ0v) is 27.5. The van der Waals surface area contributed by atoms with Crippen LogP contribution in [0.15, 0.2) is 67.4 Å². The molecule has 0 saturated carbocycles. The normalized spacial score (nSPS) is 14.1. The Hall–Kier alpha value is -5.26. The molecular formula is C37H42N4O7. The Labute approximate surface area is 280 Å². The topological polar surface area (TPSA) is 148 Å². The molecule has 2 amide bonds. The first-order valence-electron chi connectivity index (χ1n) is 15.8. The number of allylic oxidation sites excluding steroid dienone is 3. The van der Waals surface area contributed by atoms with Crippen LogP contribution in [0.3, 0.4) is 0 Å². The third-order valence-electron chi connectivity index (χ3n) is 7.34. The summed E-state index contributed by atoms with van der Waals surface area (Å²) in [6, 6.07) is 10.9. The van der Waals surface area contributed by atoms with Gasteiger partial charge in [-0.1, -0.05) is 62.9 Å². The van der Waals surface area contributed by atoms with E-state index in [0.29, 0.717) is 12.2 Å². The fourth-order valence-electron chi connectivity index (χ4n) is 4.99. The van der Waals surface area contributed by atoms with Crippen molar-refractivity contribution in [1.82, 2.24) is 20.9 Å². The number of dihydropyridines is 1. The van der Waals surface area contributed by atoms with Crippen molar-refractivity contribution in [3.8, 4) is 5.75 Å². The van der Waals surface area contributed by atoms with Crippen LogP contribution in [-0.4, -0.2) is 74.6 Å². The van der Waals surface area contributed by atoms with Gasteiger partial charge in [-0.05, 0) is 48.3 Å². The number of Topliss-reactive ketones (excluding diaryl/α,β-unsaturated/α-hetero) is 1. The molecule has 1 aliphatic heterocycles. The van der Waals surface area contributed by atoms with Crippen LogP contribution in [0, 0.1) is 5.92 Å². The molecule has 2 aromatic carbocycles. The molecule has 252 valence electrons. The number of aromatic nitrogens is 1. The molecule has 4 N–H and O–H groups in total. The van der Waals surface area contributed by atoms with Gasteiger partial charge in [0.25, 0.3) is 5.91 Å². The van der Waals surface area contributed by atoms with E-state index in [-0.39, 0.29) is 68.1 Å². The minimum absolute atomic E-state index is 0.131. The van der Waals surface area contributed by atoms with Crippen LogP contribution in [0.1, 0.15) is 58.3 Å². The highest BCUT2D eigenvalue weighted by molar-refractivity contribution is 6.04. The molecule has 3 aromatic rings. The largest absolute Gasteiger partial charge is 0.483 e. The fourth-order valence-corrected chi connectivity index (χ4v) is 4.99. The number of carbonyl (C=O) groups is 4. The van der Waals surface area contributed by atoms with Crippen LogP contribution in [0.5, 0.6) is 5.75 Å². The number of ether oxygens (including phenoxy) is 3. The molecule has 0 radical (unpaired) electrons. The predicted octanol–water partition coefficient (Wildman–Crippen LogP) is 4.67. The second-order valence-electron chi connectivity index (χ2n) is 11.4. The number of nitrogens with one attached hydrogen (secondary N) is 4. The van der Waals surface area contributed by atoms with Gasteiger partial charge < -0.3 is 35.1 Å². The van der Waals surface area contributed by atoms with Gasteiger partial charge in [-0.25, -0.2) is 0 Å². The molecular weight excluding hydrogens is 612 g/mol. The van der Waals surface area contributed by atoms with Crippen molar-refractivity contribution in [3.63, 3.8) is 0 Å². The van der Waals surface area contributed by atoms with Crippen molar-refractivity contribution >= 4 is 52.5 Å². The SMILES string of the molecule is C=Cc1c(/C=C\C(C)C)[nH]c2cc(C3=CNC(OCC(=O)NCCOCCNC(=O)COc4cccc(C=O)c4C(C)=O)C=C3)ccc12. The highest BCUT2D eigenvalue weighted by Gasteiger charge is 2.16. The van der Waals surface area contributed by atoms with Gasteiger partial charge in [0.1, 0.15) is 18.6 Å². The van der Waals surface area contributed by atoms with Crippen molar-refractivity contribution in [2.75, 3.05) is 39.5 Å². The summed E-state index contributed by atoms with van der Waals surface area (Å²) in [5.74, 6) is -0.401. The number of H-pyrrole nitrogens is 1. The van der Waals surface area contributed by atoms with Gasteiger partial charge in [0.15, 0.2) is 18.7 Å². The lowest BCUT2D eigenvalue weighted by Crippen LogP contribution is -2.36. The van der Waals surface area contributed by atoms with Crippen molar-refractivity contribution in [2.45, 2.75) is 27.0 Å². The molecule has 0 spiro atoms. The molecule has 1 aliphatic rings. The lowest BCUT2D eigenvalue weighted by atomic mass is 10.0. The van der Waals surface area contributed by atoms with Gasteiger partial charge in [0, 0.05) is 47.0 Å². The number of aldehydes is 1. The Kier molecular flexibility index (Phi) is 13.1. The zero-order chi connectivity index (χ0) is 34.5. The summed E-state index contributed by atoms with van der Waals surface area (Å²) in [6.45, 7) is 10.1. The number of hydrogen-bond acceptors (Lipinski definition) is 8. The Morgan fingerprint density at radius 2 is 1.79 bits per heavy atom. The van der Waals surface area contributed by atoms with Crippen LogP contribution in [0.4, 0.5) is 0 Å². The number of amides is 2. The number of ketones is 1. The van der Waals surface area contributed by atoms with Crippen LogP contribution < -0.4 is 20.7 Å². The van der Waals surface area contributed by atoms with Crippen LogP contribution in [-0.2, 0) is 19.1 Å². The van der Waals surface area contributed by atoms with E-state index in [1.807, 2.05) is 24.4 Å². The highest BCUT2D eigenvalue weighted by atomic mass is 16.5. The van der Waals surface area contributed by atoms with E-state index in [1.54, 1.807) is 6.07 Å². The average Bonchev–Trinajstić information content (AvgIpc) is 3.45. The van der Waals surface area contributed by atoms with E-state index >= 15 is 0 Å². The molecule has 2 heterocycles. The molecule has 1 unspecified atom stereocenters. The summed E-state index contributed by atoms with van der Waals surface area (Å²) < 4.78 is 16.6. The summed E-state index contributed by atoms with van der Waals surface area (Å²) in [4.78, 5) is 50.9. The van der Waals surface area contributed by atoms with Gasteiger partial charge >= 0.3 is 0 Å². The number of aromatic amines is 1. The standard InChI is InChI=1S/C37H42N4O7/c1-5-29-30-12-10-26(19-32(30)41-31(29)13-9-24(2)3)27-11-14-36(40-20-27)48-23-35(45)39-16-18-46-17-15-38-34(44)22-47-33-8-6-7-28(21-42)37(33)25(4)43/h5-14,19-21,24,36,40-41H,1,15-18,22-23H2,2-4H3,(H,38,44)(H,39,45)/b13-9-. The smallest absolute Gasteiger partial charge is 0.258 e. The van der Waals surface area contributed by atoms with E-state index in [2.05, 4.69) is 71.7 Å². The van der Waals surface area contributed by atoms with Gasteiger partial charge in [-0.3, -0.25) is 19.2 Å². The van der Waals surface area contributed by atoms with E-state index in [1.165, 1.54) is 19.1 Å². The molecule has 11 nitrogen and oxygen atoms in total. The average molecular weight is 655 g/mol. The summed E-state index contributed by atoms with van der Waals surface area (Å²) >= 11 is 0. The third-order valence-corrected chi connectivity index (χ3v) is 7.34. The number of rotatable bonds is 18. The first-order chi connectivity index (χ1) is 23.2. The van der Waals surface area contributed by atoms with Crippen molar-refractivity contribution in [3.05, 3.63) is 95.4 Å². The Morgan fingerprint density at radius 1 is 1.04 bits per heavy atom. The van der Waals surface area contributed by atoms with Crippen molar-refractivity contribution < 1.29 is 33.4 Å². The molecule has 0 saturated heterocycles. The zero-order valence-electron chi connectivity index (χ0n) is 27.5. The molecule has 1 atom stereocenters. The molecule has 0 bridgehead atoms. The summed E-state index contributed by atoms with van der Waals surface area (Å²) in [7, 11) is 0. The van der Waals surface area contributed by atoms with E-state index in [4.69, 9.17) is 14.2 Å². The van der Waals surface area contributed by atoms with Gasteiger partial charge in [0.2, 0.25) is 5.91 Å². The molecule has 11 heteroatoms. The van der Waals surface area contributed by atoms with Gasteiger partial charge in [-0.15, -0.1) is 0 Å². The summed E-state index contributed by atoms with van der Waals surface area (Å²) in [5.41, 5.74) is 5.51. The molecule has 0 aliphatic carbocycles. The molecule has 4 rings (SSSR count). The minimum atomic E-state index is -0.444. The lowest BCUT2D eigenvalue weighted by molar-refractivity contribution is -0.127. The number of fused-ring (bicyclic) bond motifs is 1. The van der Waals surface area contributed by atoms with E-state index in [0.717, 1.165) is 33.3 Å². The number of hydrogen-bond donors (Lipinski definition) is 4. The second-order valence-corrected chi connectivity index (χ2v) is 11.4. The first-order valence-corrected chi connectivity index (χ1v) is 15.8. The highest BCUT2D eigenvalue weighted by Crippen LogP contribution is 2.29. The maximum atomic E-state index is 12.2. The molecule has 1 aromatic heterocycles.